The number of likely N-dealkylation sites (N-methyl/N-ethyl adjacent to an activating group) is 1. The van der Waals surface area contributed by atoms with Crippen LogP contribution in [0, 0.1) is 0 Å². The number of nitrogens with zero attached hydrogens (tertiary/aromatic N) is 3. The molecule has 1 rings (SSSR count). The Labute approximate surface area is 97.2 Å². The van der Waals surface area contributed by atoms with Gasteiger partial charge in [-0.05, 0) is 18.6 Å². The van der Waals surface area contributed by atoms with Gasteiger partial charge in [-0.25, -0.2) is 0 Å². The minimum absolute atomic E-state index is 0.609. The van der Waals surface area contributed by atoms with Crippen LogP contribution in [0.5, 0.6) is 0 Å². The Bertz CT molecular complexity index is 321. The number of hydrogen-bond acceptors (Lipinski definition) is 2. The van der Waals surface area contributed by atoms with Crippen LogP contribution in [-0.2, 0) is 6.42 Å². The first-order chi connectivity index (χ1) is 7.74. The standard InChI is InChI=1S/C12H20N4/c1-3-8-15-12(13)16(2)10-7-11-6-4-5-9-14-11/h4-6,9H,3,7-8,10H2,1-2H3,(H2,13,15). The molecule has 0 saturated heterocycles. The molecular weight excluding hydrogens is 200 g/mol. The highest BCUT2D eigenvalue weighted by atomic mass is 15.2. The van der Waals surface area contributed by atoms with Crippen molar-refractivity contribution < 1.29 is 0 Å². The predicted octanol–water partition coefficient (Wildman–Crippen LogP) is 1.28. The van der Waals surface area contributed by atoms with Gasteiger partial charge < -0.3 is 10.6 Å². The van der Waals surface area contributed by atoms with Gasteiger partial charge in [-0.1, -0.05) is 13.0 Å². The maximum Gasteiger partial charge on any atom is 0.190 e. The Morgan fingerprint density at radius 3 is 2.94 bits per heavy atom. The van der Waals surface area contributed by atoms with E-state index in [4.69, 9.17) is 5.73 Å². The summed E-state index contributed by atoms with van der Waals surface area (Å²) in [5.74, 6) is 0.609. The van der Waals surface area contributed by atoms with Crippen molar-refractivity contribution in [3.63, 3.8) is 0 Å². The Kier molecular flexibility index (Phi) is 5.32. The van der Waals surface area contributed by atoms with Crippen LogP contribution in [0.4, 0.5) is 0 Å². The summed E-state index contributed by atoms with van der Waals surface area (Å²) in [7, 11) is 1.96. The number of aromatic nitrogens is 1. The summed E-state index contributed by atoms with van der Waals surface area (Å²) in [4.78, 5) is 10.5. The molecule has 0 aromatic carbocycles. The zero-order chi connectivity index (χ0) is 11.8. The summed E-state index contributed by atoms with van der Waals surface area (Å²) in [6.07, 6.45) is 3.72. The van der Waals surface area contributed by atoms with Gasteiger partial charge in [0.1, 0.15) is 0 Å². The minimum atomic E-state index is 0.609. The molecule has 0 bridgehead atoms. The third-order valence-electron chi connectivity index (χ3n) is 2.32. The molecule has 0 radical (unpaired) electrons. The second-order valence-corrected chi connectivity index (χ2v) is 3.73. The third kappa shape index (κ3) is 4.29. The molecule has 0 fully saturated rings. The Morgan fingerprint density at radius 2 is 2.31 bits per heavy atom. The first-order valence-corrected chi connectivity index (χ1v) is 5.65. The van der Waals surface area contributed by atoms with E-state index in [9.17, 15) is 0 Å². The Balaban J connectivity index is 2.38. The topological polar surface area (TPSA) is 54.5 Å². The fourth-order valence-corrected chi connectivity index (χ4v) is 1.29. The van der Waals surface area contributed by atoms with E-state index in [1.165, 1.54) is 0 Å². The molecule has 0 aliphatic carbocycles. The van der Waals surface area contributed by atoms with E-state index in [1.54, 1.807) is 0 Å². The maximum absolute atomic E-state index is 5.82. The number of aliphatic imine (C=N–C) groups is 1. The van der Waals surface area contributed by atoms with E-state index in [0.717, 1.165) is 31.6 Å². The van der Waals surface area contributed by atoms with Crippen molar-refractivity contribution in [3.8, 4) is 0 Å². The smallest absolute Gasteiger partial charge is 0.190 e. The molecular formula is C12H20N4. The number of nitrogens with two attached hydrogens (primary N) is 1. The summed E-state index contributed by atoms with van der Waals surface area (Å²) in [5, 5.41) is 0. The monoisotopic (exact) mass is 220 g/mol. The lowest BCUT2D eigenvalue weighted by Crippen LogP contribution is -2.35. The van der Waals surface area contributed by atoms with E-state index in [2.05, 4.69) is 16.9 Å². The summed E-state index contributed by atoms with van der Waals surface area (Å²) in [6, 6.07) is 5.94. The fourth-order valence-electron chi connectivity index (χ4n) is 1.29. The SMILES string of the molecule is CCCN=C(N)N(C)CCc1ccccn1. The summed E-state index contributed by atoms with van der Waals surface area (Å²) >= 11 is 0. The molecule has 0 amide bonds. The largest absolute Gasteiger partial charge is 0.370 e. The van der Waals surface area contributed by atoms with Crippen LogP contribution < -0.4 is 5.73 Å². The molecule has 0 aliphatic rings. The van der Waals surface area contributed by atoms with Crippen LogP contribution in [0.1, 0.15) is 19.0 Å². The first kappa shape index (κ1) is 12.5. The average Bonchev–Trinajstić information content (AvgIpc) is 2.34. The normalized spacial score (nSPS) is 11.5. The van der Waals surface area contributed by atoms with E-state index >= 15 is 0 Å². The van der Waals surface area contributed by atoms with Gasteiger partial charge in [0.2, 0.25) is 0 Å². The predicted molar refractivity (Wildman–Crippen MR) is 67.4 cm³/mol. The van der Waals surface area contributed by atoms with Crippen LogP contribution in [0.3, 0.4) is 0 Å². The van der Waals surface area contributed by atoms with E-state index in [1.807, 2.05) is 36.3 Å². The highest BCUT2D eigenvalue weighted by Crippen LogP contribution is 1.96. The Hall–Kier alpha value is -1.58. The summed E-state index contributed by atoms with van der Waals surface area (Å²) < 4.78 is 0. The number of rotatable bonds is 5. The molecule has 1 heterocycles. The lowest BCUT2D eigenvalue weighted by Gasteiger charge is -2.17. The van der Waals surface area contributed by atoms with Gasteiger partial charge in [-0.15, -0.1) is 0 Å². The van der Waals surface area contributed by atoms with E-state index < -0.39 is 0 Å². The van der Waals surface area contributed by atoms with Gasteiger partial charge in [-0.3, -0.25) is 9.98 Å². The van der Waals surface area contributed by atoms with Crippen LogP contribution in [0.25, 0.3) is 0 Å². The highest BCUT2D eigenvalue weighted by Gasteiger charge is 2.01. The highest BCUT2D eigenvalue weighted by molar-refractivity contribution is 5.77. The van der Waals surface area contributed by atoms with Gasteiger partial charge >= 0.3 is 0 Å². The number of hydrogen-bond donors (Lipinski definition) is 1. The zero-order valence-electron chi connectivity index (χ0n) is 10.1. The molecule has 0 atom stereocenters. The molecule has 4 heteroatoms. The lowest BCUT2D eigenvalue weighted by molar-refractivity contribution is 0.497. The molecule has 2 N–H and O–H groups in total. The van der Waals surface area contributed by atoms with Gasteiger partial charge in [-0.2, -0.15) is 0 Å². The number of guanidine groups is 1. The van der Waals surface area contributed by atoms with Gasteiger partial charge in [0, 0.05) is 38.4 Å². The van der Waals surface area contributed by atoms with Gasteiger partial charge in [0.25, 0.3) is 0 Å². The summed E-state index contributed by atoms with van der Waals surface area (Å²) in [5.41, 5.74) is 6.90. The molecule has 0 saturated carbocycles. The molecule has 1 aromatic rings. The van der Waals surface area contributed by atoms with Crippen molar-refractivity contribution in [1.82, 2.24) is 9.88 Å². The molecule has 1 aromatic heterocycles. The zero-order valence-corrected chi connectivity index (χ0v) is 10.1. The van der Waals surface area contributed by atoms with Crippen molar-refractivity contribution in [2.45, 2.75) is 19.8 Å². The molecule has 88 valence electrons. The summed E-state index contributed by atoms with van der Waals surface area (Å²) in [6.45, 7) is 3.72. The van der Waals surface area contributed by atoms with Crippen molar-refractivity contribution >= 4 is 5.96 Å². The second kappa shape index (κ2) is 6.82. The maximum atomic E-state index is 5.82. The fraction of sp³-hybridized carbons (Fsp3) is 0.500. The van der Waals surface area contributed by atoms with Crippen molar-refractivity contribution in [2.24, 2.45) is 10.7 Å². The van der Waals surface area contributed by atoms with Crippen LogP contribution >= 0.6 is 0 Å². The van der Waals surface area contributed by atoms with Crippen LogP contribution in [-0.4, -0.2) is 36.0 Å². The molecule has 0 unspecified atom stereocenters. The van der Waals surface area contributed by atoms with Crippen LogP contribution in [0.15, 0.2) is 29.4 Å². The quantitative estimate of drug-likeness (QED) is 0.601. The van der Waals surface area contributed by atoms with Gasteiger partial charge in [0.05, 0.1) is 0 Å². The third-order valence-corrected chi connectivity index (χ3v) is 2.32. The number of pyridine rings is 1. The van der Waals surface area contributed by atoms with Crippen molar-refractivity contribution in [3.05, 3.63) is 30.1 Å². The first-order valence-electron chi connectivity index (χ1n) is 5.65. The van der Waals surface area contributed by atoms with Crippen molar-refractivity contribution in [1.29, 1.82) is 0 Å². The lowest BCUT2D eigenvalue weighted by atomic mass is 10.2. The average molecular weight is 220 g/mol. The van der Waals surface area contributed by atoms with Crippen molar-refractivity contribution in [2.75, 3.05) is 20.1 Å². The minimum Gasteiger partial charge on any atom is -0.370 e. The second-order valence-electron chi connectivity index (χ2n) is 3.73. The molecule has 0 spiro atoms. The van der Waals surface area contributed by atoms with Gasteiger partial charge in [0.15, 0.2) is 5.96 Å². The van der Waals surface area contributed by atoms with E-state index in [0.29, 0.717) is 5.96 Å². The van der Waals surface area contributed by atoms with E-state index in [-0.39, 0.29) is 0 Å². The Morgan fingerprint density at radius 1 is 1.50 bits per heavy atom. The molecule has 16 heavy (non-hydrogen) atoms. The van der Waals surface area contributed by atoms with Crippen LogP contribution in [0.2, 0.25) is 0 Å². The molecule has 4 nitrogen and oxygen atoms in total. The molecule has 0 aliphatic heterocycles.